The largest absolute Gasteiger partial charge is 0.381 e. The van der Waals surface area contributed by atoms with Gasteiger partial charge in [0, 0.05) is 38.0 Å². The summed E-state index contributed by atoms with van der Waals surface area (Å²) in [5, 5.41) is 7.94. The van der Waals surface area contributed by atoms with Crippen molar-refractivity contribution in [1.82, 2.24) is 9.91 Å². The standard InChI is InChI=1S/C34H61N3O/c1-26-12-10-11-17-32(26)33-22-28(23-34(33)38-3)25-36(2)29-20-18-27(19-21-29)24-35-37(30-13-6-4-7-14-30)31-15-8-5-9-16-31/h24,26-34H,4-23,25H2,1-3H3/b35-24-. The highest BCUT2D eigenvalue weighted by Crippen LogP contribution is 2.46. The average molecular weight is 528 g/mol. The normalized spacial score (nSPS) is 38.3. The van der Waals surface area contributed by atoms with Crippen LogP contribution in [0.5, 0.6) is 0 Å². The smallest absolute Gasteiger partial charge is 0.0605 e. The van der Waals surface area contributed by atoms with E-state index in [-0.39, 0.29) is 0 Å². The molecule has 0 N–H and O–H groups in total. The Hall–Kier alpha value is -0.610. The van der Waals surface area contributed by atoms with Crippen molar-refractivity contribution in [2.45, 2.75) is 160 Å². The molecule has 0 aliphatic heterocycles. The van der Waals surface area contributed by atoms with Crippen LogP contribution in [0.2, 0.25) is 0 Å². The molecule has 0 spiro atoms. The van der Waals surface area contributed by atoms with E-state index in [2.05, 4.69) is 30.1 Å². The molecule has 0 amide bonds. The zero-order valence-electron chi connectivity index (χ0n) is 25.4. The molecule has 38 heavy (non-hydrogen) atoms. The predicted octanol–water partition coefficient (Wildman–Crippen LogP) is 8.30. The Bertz CT molecular complexity index is 689. The van der Waals surface area contributed by atoms with Gasteiger partial charge in [-0.3, -0.25) is 5.01 Å². The monoisotopic (exact) mass is 527 g/mol. The van der Waals surface area contributed by atoms with E-state index in [4.69, 9.17) is 9.84 Å². The molecule has 5 atom stereocenters. The van der Waals surface area contributed by atoms with Crippen LogP contribution in [0, 0.1) is 29.6 Å². The third-order valence-electron chi connectivity index (χ3n) is 11.9. The van der Waals surface area contributed by atoms with Crippen molar-refractivity contribution in [1.29, 1.82) is 0 Å². The van der Waals surface area contributed by atoms with Crippen molar-refractivity contribution in [2.24, 2.45) is 34.7 Å². The third-order valence-corrected chi connectivity index (χ3v) is 11.9. The number of hydrogen-bond acceptors (Lipinski definition) is 4. The van der Waals surface area contributed by atoms with Gasteiger partial charge < -0.3 is 9.64 Å². The van der Waals surface area contributed by atoms with E-state index < -0.39 is 0 Å². The summed E-state index contributed by atoms with van der Waals surface area (Å²) in [4.78, 5) is 2.74. The zero-order valence-corrected chi connectivity index (χ0v) is 25.4. The average Bonchev–Trinajstić information content (AvgIpc) is 3.37. The van der Waals surface area contributed by atoms with Crippen molar-refractivity contribution in [3.63, 3.8) is 0 Å². The van der Waals surface area contributed by atoms with Crippen molar-refractivity contribution >= 4 is 6.21 Å². The van der Waals surface area contributed by atoms with Crippen molar-refractivity contribution in [3.8, 4) is 0 Å². The lowest BCUT2D eigenvalue weighted by Crippen LogP contribution is -2.42. The topological polar surface area (TPSA) is 28.1 Å². The minimum absolute atomic E-state index is 0.502. The summed E-state index contributed by atoms with van der Waals surface area (Å²) in [5.74, 6) is 4.11. The van der Waals surface area contributed by atoms with Crippen LogP contribution in [0.1, 0.15) is 135 Å². The third kappa shape index (κ3) is 7.36. The molecule has 4 heteroatoms. The summed E-state index contributed by atoms with van der Waals surface area (Å²) in [6, 6.07) is 2.20. The van der Waals surface area contributed by atoms with Gasteiger partial charge in [0.1, 0.15) is 0 Å². The Morgan fingerprint density at radius 3 is 1.89 bits per heavy atom. The van der Waals surface area contributed by atoms with E-state index in [1.165, 1.54) is 135 Å². The van der Waals surface area contributed by atoms with Crippen LogP contribution in [0.4, 0.5) is 0 Å². The van der Waals surface area contributed by atoms with E-state index in [9.17, 15) is 0 Å². The summed E-state index contributed by atoms with van der Waals surface area (Å²) < 4.78 is 6.09. The molecule has 5 rings (SSSR count). The molecule has 0 bridgehead atoms. The number of nitrogens with zero attached hydrogens (tertiary/aromatic N) is 3. The highest BCUT2D eigenvalue weighted by molar-refractivity contribution is 5.60. The number of ether oxygens (including phenoxy) is 1. The van der Waals surface area contributed by atoms with Crippen molar-refractivity contribution in [3.05, 3.63) is 0 Å². The lowest BCUT2D eigenvalue weighted by molar-refractivity contribution is 0.0235. The Kier molecular flexibility index (Phi) is 10.9. The number of hydrogen-bond donors (Lipinski definition) is 0. The van der Waals surface area contributed by atoms with E-state index in [0.29, 0.717) is 24.1 Å². The van der Waals surface area contributed by atoms with Gasteiger partial charge in [0.15, 0.2) is 0 Å². The minimum atomic E-state index is 0.502. The van der Waals surface area contributed by atoms with Crippen LogP contribution >= 0.6 is 0 Å². The molecular formula is C34H61N3O. The van der Waals surface area contributed by atoms with Gasteiger partial charge in [-0.25, -0.2) is 0 Å². The maximum Gasteiger partial charge on any atom is 0.0605 e. The van der Waals surface area contributed by atoms with E-state index in [1.807, 2.05) is 7.11 Å². The minimum Gasteiger partial charge on any atom is -0.381 e. The molecule has 0 radical (unpaired) electrons. The highest BCUT2D eigenvalue weighted by atomic mass is 16.5. The molecule has 5 saturated carbocycles. The van der Waals surface area contributed by atoms with Crippen molar-refractivity contribution < 1.29 is 4.74 Å². The molecule has 5 unspecified atom stereocenters. The molecule has 5 fully saturated rings. The van der Waals surface area contributed by atoms with E-state index in [0.717, 1.165) is 29.7 Å². The van der Waals surface area contributed by atoms with E-state index >= 15 is 0 Å². The molecule has 0 aromatic rings. The van der Waals surface area contributed by atoms with Crippen LogP contribution in [-0.2, 0) is 4.74 Å². The summed E-state index contributed by atoms with van der Waals surface area (Å²) >= 11 is 0. The van der Waals surface area contributed by atoms with Gasteiger partial charge in [0.25, 0.3) is 0 Å². The quantitative estimate of drug-likeness (QED) is 0.223. The predicted molar refractivity (Wildman–Crippen MR) is 161 cm³/mol. The first-order valence-electron chi connectivity index (χ1n) is 17.2. The second-order valence-corrected chi connectivity index (χ2v) is 14.4. The van der Waals surface area contributed by atoms with Crippen LogP contribution in [-0.4, -0.2) is 61.1 Å². The maximum atomic E-state index is 6.09. The van der Waals surface area contributed by atoms with Crippen LogP contribution < -0.4 is 0 Å². The van der Waals surface area contributed by atoms with Gasteiger partial charge in [0.2, 0.25) is 0 Å². The van der Waals surface area contributed by atoms with Crippen LogP contribution in [0.25, 0.3) is 0 Å². The first-order valence-corrected chi connectivity index (χ1v) is 17.2. The van der Waals surface area contributed by atoms with Crippen LogP contribution in [0.15, 0.2) is 5.10 Å². The molecule has 0 aromatic heterocycles. The fraction of sp³-hybridized carbons (Fsp3) is 0.971. The number of hydrazone groups is 1. The Balaban J connectivity index is 1.09. The molecule has 4 nitrogen and oxygen atoms in total. The van der Waals surface area contributed by atoms with Gasteiger partial charge in [-0.15, -0.1) is 0 Å². The fourth-order valence-electron chi connectivity index (χ4n) is 9.58. The van der Waals surface area contributed by atoms with Crippen LogP contribution in [0.3, 0.4) is 0 Å². The summed E-state index contributed by atoms with van der Waals surface area (Å²) in [6.07, 6.45) is 30.7. The Labute approximate surface area is 235 Å². The van der Waals surface area contributed by atoms with Gasteiger partial charge in [-0.2, -0.15) is 5.10 Å². The molecule has 0 saturated heterocycles. The first kappa shape index (κ1) is 28.9. The molecule has 218 valence electrons. The van der Waals surface area contributed by atoms with Gasteiger partial charge in [-0.1, -0.05) is 64.7 Å². The summed E-state index contributed by atoms with van der Waals surface area (Å²) in [6.45, 7) is 3.79. The fourth-order valence-corrected chi connectivity index (χ4v) is 9.58. The second-order valence-electron chi connectivity index (χ2n) is 14.4. The Morgan fingerprint density at radius 2 is 1.29 bits per heavy atom. The van der Waals surface area contributed by atoms with Gasteiger partial charge in [-0.05, 0) is 107 Å². The lowest BCUT2D eigenvalue weighted by Gasteiger charge is -2.40. The SMILES string of the molecule is COC1CC(CN(C)C2CCC(/C=N\N(C3CCCCC3)C3CCCCC3)CC2)CC1C1CCCCC1C. The number of rotatable bonds is 9. The van der Waals surface area contributed by atoms with Gasteiger partial charge in [0.05, 0.1) is 6.10 Å². The van der Waals surface area contributed by atoms with E-state index in [1.54, 1.807) is 0 Å². The molecule has 5 aliphatic carbocycles. The zero-order chi connectivity index (χ0) is 26.3. The van der Waals surface area contributed by atoms with Gasteiger partial charge >= 0.3 is 0 Å². The second kappa shape index (κ2) is 14.3. The summed E-state index contributed by atoms with van der Waals surface area (Å²) in [7, 11) is 4.40. The number of methoxy groups -OCH3 is 1. The molecule has 5 aliphatic rings. The molecular weight excluding hydrogens is 466 g/mol. The Morgan fingerprint density at radius 1 is 0.684 bits per heavy atom. The van der Waals surface area contributed by atoms with Crippen molar-refractivity contribution in [2.75, 3.05) is 20.7 Å². The maximum absolute atomic E-state index is 6.09. The first-order chi connectivity index (χ1) is 18.6. The molecule has 0 heterocycles. The lowest BCUT2D eigenvalue weighted by atomic mass is 9.72. The highest BCUT2D eigenvalue weighted by Gasteiger charge is 2.42. The molecule has 0 aromatic carbocycles. The summed E-state index contributed by atoms with van der Waals surface area (Å²) in [5.41, 5.74) is 0.